The summed E-state index contributed by atoms with van der Waals surface area (Å²) in [6.45, 7) is 3.17. The first kappa shape index (κ1) is 9.26. The zero-order chi connectivity index (χ0) is 9.26. The average molecular weight is 179 g/mol. The lowest BCUT2D eigenvalue weighted by Crippen LogP contribution is -2.03. The maximum absolute atomic E-state index is 5.53. The van der Waals surface area contributed by atoms with E-state index in [0.29, 0.717) is 0 Å². The second-order valence-electron chi connectivity index (χ2n) is 4.78. The molecule has 1 nitrogen and oxygen atoms in total. The molecule has 0 heterocycles. The highest BCUT2D eigenvalue weighted by Gasteiger charge is 2.35. The molecule has 2 aliphatic carbocycles. The van der Waals surface area contributed by atoms with Crippen molar-refractivity contribution in [3.63, 3.8) is 0 Å². The van der Waals surface area contributed by atoms with Gasteiger partial charge in [-0.05, 0) is 63.8 Å². The zero-order valence-corrected chi connectivity index (χ0v) is 8.68. The Bertz CT molecular complexity index is 217. The summed E-state index contributed by atoms with van der Waals surface area (Å²) in [5.74, 6) is 2.02. The fourth-order valence-corrected chi connectivity index (χ4v) is 3.10. The van der Waals surface area contributed by atoms with E-state index in [4.69, 9.17) is 5.73 Å². The molecule has 2 N–H and O–H groups in total. The molecule has 0 amide bonds. The minimum Gasteiger partial charge on any atom is -0.330 e. The maximum Gasteiger partial charge on any atom is -0.00742 e. The van der Waals surface area contributed by atoms with Crippen molar-refractivity contribution in [2.45, 2.75) is 45.4 Å². The van der Waals surface area contributed by atoms with E-state index in [0.717, 1.165) is 18.4 Å². The van der Waals surface area contributed by atoms with E-state index in [1.807, 2.05) is 5.57 Å². The smallest absolute Gasteiger partial charge is 0.00742 e. The van der Waals surface area contributed by atoms with Crippen LogP contribution in [-0.2, 0) is 0 Å². The first-order chi connectivity index (χ1) is 6.31. The summed E-state index contributed by atoms with van der Waals surface area (Å²) in [4.78, 5) is 0. The predicted molar refractivity (Wildman–Crippen MR) is 56.4 cm³/mol. The highest BCUT2D eigenvalue weighted by Crippen LogP contribution is 2.49. The summed E-state index contributed by atoms with van der Waals surface area (Å²) in [6.07, 6.45) is 8.30. The third-order valence-electron chi connectivity index (χ3n) is 3.85. The fraction of sp³-hybridized carbons (Fsp3) is 0.833. The van der Waals surface area contributed by atoms with Gasteiger partial charge in [0.2, 0.25) is 0 Å². The van der Waals surface area contributed by atoms with Crippen molar-refractivity contribution in [1.82, 2.24) is 0 Å². The monoisotopic (exact) mass is 179 g/mol. The van der Waals surface area contributed by atoms with E-state index in [1.165, 1.54) is 38.5 Å². The predicted octanol–water partition coefficient (Wildman–Crippen LogP) is 2.86. The van der Waals surface area contributed by atoms with Gasteiger partial charge in [0.25, 0.3) is 0 Å². The summed E-state index contributed by atoms with van der Waals surface area (Å²) < 4.78 is 0. The molecule has 2 saturated carbocycles. The van der Waals surface area contributed by atoms with E-state index in [1.54, 1.807) is 5.57 Å². The standard InChI is InChI=1S/C12H21N/c1-9(3-2-6-13)12-8-10-4-5-11(12)7-10/h10-11H,2-8,13H2,1H3/b12-9-. The Balaban J connectivity index is 1.98. The second-order valence-corrected chi connectivity index (χ2v) is 4.78. The van der Waals surface area contributed by atoms with E-state index in [9.17, 15) is 0 Å². The number of allylic oxidation sites excluding steroid dienone is 2. The highest BCUT2D eigenvalue weighted by molar-refractivity contribution is 5.22. The molecule has 2 fully saturated rings. The van der Waals surface area contributed by atoms with Crippen LogP contribution in [0.2, 0.25) is 0 Å². The van der Waals surface area contributed by atoms with Crippen molar-refractivity contribution in [2.24, 2.45) is 17.6 Å². The van der Waals surface area contributed by atoms with Gasteiger partial charge in [0.1, 0.15) is 0 Å². The van der Waals surface area contributed by atoms with E-state index in [2.05, 4.69) is 6.92 Å². The molecule has 0 aromatic heterocycles. The Hall–Kier alpha value is -0.300. The van der Waals surface area contributed by atoms with Gasteiger partial charge in [-0.1, -0.05) is 11.1 Å². The topological polar surface area (TPSA) is 26.0 Å². The van der Waals surface area contributed by atoms with Crippen LogP contribution in [0.25, 0.3) is 0 Å². The van der Waals surface area contributed by atoms with Gasteiger partial charge >= 0.3 is 0 Å². The second kappa shape index (κ2) is 3.83. The van der Waals surface area contributed by atoms with Crippen molar-refractivity contribution in [3.8, 4) is 0 Å². The lowest BCUT2D eigenvalue weighted by atomic mass is 9.90. The van der Waals surface area contributed by atoms with Crippen molar-refractivity contribution in [3.05, 3.63) is 11.1 Å². The third kappa shape index (κ3) is 1.80. The quantitative estimate of drug-likeness (QED) is 0.662. The van der Waals surface area contributed by atoms with Crippen LogP contribution in [0.5, 0.6) is 0 Å². The van der Waals surface area contributed by atoms with Gasteiger partial charge < -0.3 is 5.73 Å². The van der Waals surface area contributed by atoms with Crippen molar-refractivity contribution in [2.75, 3.05) is 6.54 Å². The molecule has 0 aliphatic heterocycles. The SMILES string of the molecule is C/C(CCCN)=C1\CC2CCC1C2. The average Bonchev–Trinajstić information content (AvgIpc) is 2.74. The summed E-state index contributed by atoms with van der Waals surface area (Å²) in [5, 5.41) is 0. The van der Waals surface area contributed by atoms with Crippen LogP contribution >= 0.6 is 0 Å². The highest BCUT2D eigenvalue weighted by atomic mass is 14.5. The normalized spacial score (nSPS) is 35.5. The molecule has 0 saturated heterocycles. The maximum atomic E-state index is 5.53. The van der Waals surface area contributed by atoms with Crippen molar-refractivity contribution >= 4 is 0 Å². The van der Waals surface area contributed by atoms with Crippen molar-refractivity contribution < 1.29 is 0 Å². The molecule has 1 heteroatoms. The summed E-state index contributed by atoms with van der Waals surface area (Å²) in [6, 6.07) is 0. The van der Waals surface area contributed by atoms with Gasteiger partial charge in [-0.15, -0.1) is 0 Å². The third-order valence-corrected chi connectivity index (χ3v) is 3.85. The summed E-state index contributed by atoms with van der Waals surface area (Å²) >= 11 is 0. The molecule has 2 atom stereocenters. The number of nitrogens with two attached hydrogens (primary N) is 1. The van der Waals surface area contributed by atoms with Gasteiger partial charge in [0, 0.05) is 0 Å². The molecular formula is C12H21N. The van der Waals surface area contributed by atoms with Crippen LogP contribution < -0.4 is 5.73 Å². The Morgan fingerprint density at radius 1 is 1.46 bits per heavy atom. The Morgan fingerprint density at radius 3 is 2.85 bits per heavy atom. The van der Waals surface area contributed by atoms with Gasteiger partial charge in [-0.2, -0.15) is 0 Å². The number of rotatable bonds is 3. The molecule has 0 aromatic carbocycles. The van der Waals surface area contributed by atoms with Gasteiger partial charge in [-0.3, -0.25) is 0 Å². The number of fused-ring (bicyclic) bond motifs is 2. The molecule has 2 aliphatic rings. The Labute approximate surface area is 81.4 Å². The molecule has 0 radical (unpaired) electrons. The molecule has 0 aromatic rings. The fourth-order valence-electron chi connectivity index (χ4n) is 3.10. The van der Waals surface area contributed by atoms with Crippen LogP contribution in [0, 0.1) is 11.8 Å². The van der Waals surface area contributed by atoms with Gasteiger partial charge in [0.05, 0.1) is 0 Å². The first-order valence-corrected chi connectivity index (χ1v) is 5.70. The van der Waals surface area contributed by atoms with Crippen LogP contribution in [0.4, 0.5) is 0 Å². The molecule has 74 valence electrons. The van der Waals surface area contributed by atoms with E-state index in [-0.39, 0.29) is 0 Å². The molecular weight excluding hydrogens is 158 g/mol. The Kier molecular flexibility index (Phi) is 2.73. The van der Waals surface area contributed by atoms with Crippen LogP contribution in [0.1, 0.15) is 45.4 Å². The molecule has 0 spiro atoms. The van der Waals surface area contributed by atoms with Crippen molar-refractivity contribution in [1.29, 1.82) is 0 Å². The Morgan fingerprint density at radius 2 is 2.31 bits per heavy atom. The van der Waals surface area contributed by atoms with Crippen LogP contribution in [0.3, 0.4) is 0 Å². The minimum absolute atomic E-state index is 0.846. The number of hydrogen-bond donors (Lipinski definition) is 1. The van der Waals surface area contributed by atoms with Gasteiger partial charge in [0.15, 0.2) is 0 Å². The first-order valence-electron chi connectivity index (χ1n) is 5.70. The van der Waals surface area contributed by atoms with E-state index < -0.39 is 0 Å². The summed E-state index contributed by atoms with van der Waals surface area (Å²) in [5.41, 5.74) is 9.00. The van der Waals surface area contributed by atoms with Crippen LogP contribution in [0.15, 0.2) is 11.1 Å². The zero-order valence-electron chi connectivity index (χ0n) is 8.68. The van der Waals surface area contributed by atoms with Gasteiger partial charge in [-0.25, -0.2) is 0 Å². The molecule has 2 rings (SSSR count). The molecule has 2 bridgehead atoms. The van der Waals surface area contributed by atoms with Crippen LogP contribution in [-0.4, -0.2) is 6.54 Å². The molecule has 2 unspecified atom stereocenters. The largest absolute Gasteiger partial charge is 0.330 e. The number of hydrogen-bond acceptors (Lipinski definition) is 1. The minimum atomic E-state index is 0.846. The lowest BCUT2D eigenvalue weighted by molar-refractivity contribution is 0.554. The summed E-state index contributed by atoms with van der Waals surface area (Å²) in [7, 11) is 0. The lowest BCUT2D eigenvalue weighted by Gasteiger charge is -2.16. The van der Waals surface area contributed by atoms with E-state index >= 15 is 0 Å². The molecule has 13 heavy (non-hydrogen) atoms.